The summed E-state index contributed by atoms with van der Waals surface area (Å²) in [5.74, 6) is 0.660. The van der Waals surface area contributed by atoms with Gasteiger partial charge in [0.25, 0.3) is 0 Å². The molecule has 0 aliphatic heterocycles. The fourth-order valence-corrected chi connectivity index (χ4v) is 2.25. The van der Waals surface area contributed by atoms with Crippen molar-refractivity contribution in [1.82, 2.24) is 0 Å². The number of aliphatic hydroxyl groups excluding tert-OH is 1. The molecular weight excluding hydrogens is 248 g/mol. The summed E-state index contributed by atoms with van der Waals surface area (Å²) >= 11 is 0. The Morgan fingerprint density at radius 3 is 2.65 bits per heavy atom. The highest BCUT2D eigenvalue weighted by atomic mass is 16.4. The Bertz CT molecular complexity index is 513. The van der Waals surface area contributed by atoms with Gasteiger partial charge in [0, 0.05) is 5.56 Å². The van der Waals surface area contributed by atoms with Gasteiger partial charge in [-0.15, -0.1) is 6.58 Å². The highest BCUT2D eigenvalue weighted by molar-refractivity contribution is 5.62. The van der Waals surface area contributed by atoms with Crippen molar-refractivity contribution >= 4 is 0 Å². The van der Waals surface area contributed by atoms with Crippen LogP contribution in [0.25, 0.3) is 11.1 Å². The molecular formula is C18H22O2. The van der Waals surface area contributed by atoms with Gasteiger partial charge in [0.05, 0.1) is 6.26 Å². The van der Waals surface area contributed by atoms with Crippen molar-refractivity contribution in [2.45, 2.75) is 38.2 Å². The highest BCUT2D eigenvalue weighted by Gasteiger charge is 2.12. The SMILES string of the molecule is C=CCCCCCC(O)c1cc(-c2ccccc2)co1. The molecule has 1 N–H and O–H groups in total. The van der Waals surface area contributed by atoms with Gasteiger partial charge < -0.3 is 9.52 Å². The molecule has 2 aromatic rings. The van der Waals surface area contributed by atoms with E-state index in [0.29, 0.717) is 5.76 Å². The third-order valence-electron chi connectivity index (χ3n) is 3.44. The van der Waals surface area contributed by atoms with Gasteiger partial charge in [-0.25, -0.2) is 0 Å². The molecule has 20 heavy (non-hydrogen) atoms. The fraction of sp³-hybridized carbons (Fsp3) is 0.333. The Morgan fingerprint density at radius 1 is 1.10 bits per heavy atom. The van der Waals surface area contributed by atoms with Gasteiger partial charge in [0.1, 0.15) is 11.9 Å². The Balaban J connectivity index is 1.87. The first-order valence-corrected chi connectivity index (χ1v) is 7.24. The van der Waals surface area contributed by atoms with Crippen LogP contribution < -0.4 is 0 Å². The summed E-state index contributed by atoms with van der Waals surface area (Å²) in [5, 5.41) is 10.1. The second-order valence-electron chi connectivity index (χ2n) is 5.05. The molecule has 0 bridgehead atoms. The largest absolute Gasteiger partial charge is 0.466 e. The number of furan rings is 1. The quantitative estimate of drug-likeness (QED) is 0.533. The monoisotopic (exact) mass is 270 g/mol. The molecule has 1 heterocycles. The molecule has 1 aromatic carbocycles. The van der Waals surface area contributed by atoms with Crippen molar-refractivity contribution in [3.8, 4) is 11.1 Å². The lowest BCUT2D eigenvalue weighted by atomic mass is 10.1. The lowest BCUT2D eigenvalue weighted by Gasteiger charge is -2.06. The lowest BCUT2D eigenvalue weighted by molar-refractivity contribution is 0.137. The second-order valence-corrected chi connectivity index (χ2v) is 5.05. The zero-order valence-electron chi connectivity index (χ0n) is 11.8. The van der Waals surface area contributed by atoms with Gasteiger partial charge in [0.2, 0.25) is 0 Å². The predicted molar refractivity (Wildman–Crippen MR) is 82.4 cm³/mol. The summed E-state index contributed by atoms with van der Waals surface area (Å²) in [6.07, 6.45) is 8.22. The minimum absolute atomic E-state index is 0.504. The highest BCUT2D eigenvalue weighted by Crippen LogP contribution is 2.27. The van der Waals surface area contributed by atoms with Crippen LogP contribution in [0.5, 0.6) is 0 Å². The molecule has 0 spiro atoms. The molecule has 1 atom stereocenters. The maximum Gasteiger partial charge on any atom is 0.132 e. The maximum atomic E-state index is 10.1. The Hall–Kier alpha value is -1.80. The van der Waals surface area contributed by atoms with Crippen LogP contribution in [-0.2, 0) is 0 Å². The van der Waals surface area contributed by atoms with Crippen molar-refractivity contribution in [3.05, 3.63) is 61.1 Å². The van der Waals surface area contributed by atoms with Crippen LogP contribution in [0.1, 0.15) is 44.0 Å². The number of hydrogen-bond donors (Lipinski definition) is 1. The summed E-state index contributed by atoms with van der Waals surface area (Å²) in [4.78, 5) is 0. The number of allylic oxidation sites excluding steroid dienone is 1. The average molecular weight is 270 g/mol. The van der Waals surface area contributed by atoms with Gasteiger partial charge in [-0.2, -0.15) is 0 Å². The van der Waals surface area contributed by atoms with E-state index in [0.717, 1.165) is 43.2 Å². The molecule has 0 amide bonds. The predicted octanol–water partition coefficient (Wildman–Crippen LogP) is 5.12. The molecule has 0 aliphatic rings. The summed E-state index contributed by atoms with van der Waals surface area (Å²) in [6.45, 7) is 3.71. The van der Waals surface area contributed by atoms with E-state index in [9.17, 15) is 5.11 Å². The number of aliphatic hydroxyl groups is 1. The van der Waals surface area contributed by atoms with Crippen LogP contribution in [0, 0.1) is 0 Å². The summed E-state index contributed by atoms with van der Waals surface area (Å²) < 4.78 is 5.49. The first-order valence-electron chi connectivity index (χ1n) is 7.24. The van der Waals surface area contributed by atoms with Gasteiger partial charge in [-0.05, 0) is 30.9 Å². The zero-order chi connectivity index (χ0) is 14.2. The third-order valence-corrected chi connectivity index (χ3v) is 3.44. The molecule has 0 saturated heterocycles. The Morgan fingerprint density at radius 2 is 1.90 bits per heavy atom. The fourth-order valence-electron chi connectivity index (χ4n) is 2.25. The van der Waals surface area contributed by atoms with Crippen LogP contribution in [-0.4, -0.2) is 5.11 Å². The van der Waals surface area contributed by atoms with Crippen molar-refractivity contribution in [3.63, 3.8) is 0 Å². The topological polar surface area (TPSA) is 33.4 Å². The minimum atomic E-state index is -0.504. The summed E-state index contributed by atoms with van der Waals surface area (Å²) in [6, 6.07) is 12.0. The molecule has 2 rings (SSSR count). The van der Waals surface area contributed by atoms with Gasteiger partial charge >= 0.3 is 0 Å². The van der Waals surface area contributed by atoms with Crippen LogP contribution >= 0.6 is 0 Å². The molecule has 2 heteroatoms. The number of rotatable bonds is 8. The molecule has 0 saturated carbocycles. The number of unbranched alkanes of at least 4 members (excludes halogenated alkanes) is 3. The smallest absolute Gasteiger partial charge is 0.132 e. The summed E-state index contributed by atoms with van der Waals surface area (Å²) in [7, 11) is 0. The van der Waals surface area contributed by atoms with Crippen LogP contribution in [0.15, 0.2) is 59.7 Å². The van der Waals surface area contributed by atoms with E-state index in [1.54, 1.807) is 6.26 Å². The summed E-state index contributed by atoms with van der Waals surface area (Å²) in [5.41, 5.74) is 2.13. The van der Waals surface area contributed by atoms with E-state index in [1.807, 2.05) is 42.5 Å². The zero-order valence-corrected chi connectivity index (χ0v) is 11.8. The van der Waals surface area contributed by atoms with Gasteiger partial charge in [-0.1, -0.05) is 49.2 Å². The molecule has 0 aliphatic carbocycles. The maximum absolute atomic E-state index is 10.1. The van der Waals surface area contributed by atoms with Crippen LogP contribution in [0.2, 0.25) is 0 Å². The van der Waals surface area contributed by atoms with E-state index in [4.69, 9.17) is 4.42 Å². The van der Waals surface area contributed by atoms with Gasteiger partial charge in [0.15, 0.2) is 0 Å². The lowest BCUT2D eigenvalue weighted by Crippen LogP contribution is -1.95. The van der Waals surface area contributed by atoms with E-state index >= 15 is 0 Å². The molecule has 106 valence electrons. The van der Waals surface area contributed by atoms with Crippen molar-refractivity contribution in [2.75, 3.05) is 0 Å². The van der Waals surface area contributed by atoms with Gasteiger partial charge in [-0.3, -0.25) is 0 Å². The van der Waals surface area contributed by atoms with E-state index < -0.39 is 6.10 Å². The number of benzene rings is 1. The van der Waals surface area contributed by atoms with E-state index in [2.05, 4.69) is 6.58 Å². The van der Waals surface area contributed by atoms with E-state index in [-0.39, 0.29) is 0 Å². The van der Waals surface area contributed by atoms with Crippen molar-refractivity contribution < 1.29 is 9.52 Å². The Labute approximate surface area is 120 Å². The first-order chi connectivity index (χ1) is 9.81. The second kappa shape index (κ2) is 7.71. The standard InChI is InChI=1S/C18H22O2/c1-2-3-4-5-9-12-17(19)18-13-16(14-20-18)15-10-7-6-8-11-15/h2,6-8,10-11,13-14,17,19H,1,3-5,9,12H2. The van der Waals surface area contributed by atoms with Crippen LogP contribution in [0.3, 0.4) is 0 Å². The number of hydrogen-bond acceptors (Lipinski definition) is 2. The van der Waals surface area contributed by atoms with Crippen molar-refractivity contribution in [2.24, 2.45) is 0 Å². The Kier molecular flexibility index (Phi) is 5.63. The van der Waals surface area contributed by atoms with Crippen molar-refractivity contribution in [1.29, 1.82) is 0 Å². The minimum Gasteiger partial charge on any atom is -0.466 e. The molecule has 1 aromatic heterocycles. The molecule has 2 nitrogen and oxygen atoms in total. The normalized spacial score (nSPS) is 12.2. The van der Waals surface area contributed by atoms with Crippen LogP contribution in [0.4, 0.5) is 0 Å². The molecule has 0 radical (unpaired) electrons. The third kappa shape index (κ3) is 4.10. The van der Waals surface area contributed by atoms with E-state index in [1.165, 1.54) is 0 Å². The molecule has 0 fully saturated rings. The molecule has 1 unspecified atom stereocenters. The average Bonchev–Trinajstić information content (AvgIpc) is 2.98. The first kappa shape index (κ1) is 14.6.